The summed E-state index contributed by atoms with van der Waals surface area (Å²) in [6.45, 7) is 13.0. The second-order valence-corrected chi connectivity index (χ2v) is 7.73. The van der Waals surface area contributed by atoms with E-state index in [0.717, 1.165) is 24.0 Å². The van der Waals surface area contributed by atoms with Gasteiger partial charge in [0.15, 0.2) is 0 Å². The van der Waals surface area contributed by atoms with Crippen molar-refractivity contribution in [3.63, 3.8) is 0 Å². The molecule has 0 aromatic heterocycles. The molecule has 1 N–H and O–H groups in total. The molecule has 0 aromatic carbocycles. The average molecular weight is 252 g/mol. The molecule has 1 aliphatic carbocycles. The molecular formula is C16H32N2. The second-order valence-electron chi connectivity index (χ2n) is 7.73. The zero-order chi connectivity index (χ0) is 13.3. The number of hydrogen-bond donors (Lipinski definition) is 1. The third kappa shape index (κ3) is 3.48. The van der Waals surface area contributed by atoms with Gasteiger partial charge >= 0.3 is 0 Å². The highest BCUT2D eigenvalue weighted by atomic mass is 15.3. The minimum absolute atomic E-state index is 0.316. The number of nitrogens with one attached hydrogen (secondary N) is 1. The Morgan fingerprint density at radius 2 is 1.56 bits per heavy atom. The van der Waals surface area contributed by atoms with Crippen molar-refractivity contribution in [3.05, 3.63) is 0 Å². The van der Waals surface area contributed by atoms with Crippen LogP contribution in [0.3, 0.4) is 0 Å². The van der Waals surface area contributed by atoms with Gasteiger partial charge in [-0.2, -0.15) is 0 Å². The van der Waals surface area contributed by atoms with Gasteiger partial charge in [-0.3, -0.25) is 4.90 Å². The molecule has 0 bridgehead atoms. The van der Waals surface area contributed by atoms with Crippen LogP contribution >= 0.6 is 0 Å². The molecule has 0 spiro atoms. The first-order valence-corrected chi connectivity index (χ1v) is 7.89. The van der Waals surface area contributed by atoms with Gasteiger partial charge in [0, 0.05) is 30.2 Å². The van der Waals surface area contributed by atoms with Crippen molar-refractivity contribution in [2.45, 2.75) is 90.4 Å². The minimum Gasteiger partial charge on any atom is -0.310 e. The first-order chi connectivity index (χ1) is 8.36. The van der Waals surface area contributed by atoms with Crippen LogP contribution in [0.15, 0.2) is 0 Å². The lowest BCUT2D eigenvalue weighted by Crippen LogP contribution is -2.46. The number of hydrogen-bond acceptors (Lipinski definition) is 2. The van der Waals surface area contributed by atoms with Crippen molar-refractivity contribution in [2.24, 2.45) is 5.92 Å². The Labute approximate surface area is 114 Å². The topological polar surface area (TPSA) is 15.3 Å². The monoisotopic (exact) mass is 252 g/mol. The normalized spacial score (nSPS) is 39.2. The Morgan fingerprint density at radius 3 is 2.06 bits per heavy atom. The van der Waals surface area contributed by atoms with Crippen LogP contribution in [0.2, 0.25) is 0 Å². The first-order valence-electron chi connectivity index (χ1n) is 7.89. The fraction of sp³-hybridized carbons (Fsp3) is 1.00. The van der Waals surface area contributed by atoms with E-state index in [9.17, 15) is 0 Å². The molecular weight excluding hydrogens is 220 g/mol. The summed E-state index contributed by atoms with van der Waals surface area (Å²) in [7, 11) is 0. The van der Waals surface area contributed by atoms with Gasteiger partial charge in [0.05, 0.1) is 0 Å². The third-order valence-corrected chi connectivity index (χ3v) is 4.92. The maximum atomic E-state index is 3.93. The summed E-state index contributed by atoms with van der Waals surface area (Å²) in [6, 6.07) is 2.24. The van der Waals surface area contributed by atoms with Crippen LogP contribution in [0.25, 0.3) is 0 Å². The van der Waals surface area contributed by atoms with Gasteiger partial charge < -0.3 is 5.32 Å². The highest BCUT2D eigenvalue weighted by Crippen LogP contribution is 2.29. The third-order valence-electron chi connectivity index (χ3n) is 4.92. The lowest BCUT2D eigenvalue weighted by atomic mass is 9.87. The van der Waals surface area contributed by atoms with Crippen molar-refractivity contribution in [2.75, 3.05) is 6.54 Å². The quantitative estimate of drug-likeness (QED) is 0.810. The summed E-state index contributed by atoms with van der Waals surface area (Å²) >= 11 is 0. The standard InChI is InChI=1S/C16H32N2/c1-12-6-8-14(9-7-12)17-15-10-13(2)18(11-15)16(3,4)5/h12-15,17H,6-11H2,1-5H3/t12?,13-,14?,15-/m0/s1. The van der Waals surface area contributed by atoms with Gasteiger partial charge in [0.2, 0.25) is 0 Å². The number of likely N-dealkylation sites (tertiary alicyclic amines) is 1. The summed E-state index contributed by atoms with van der Waals surface area (Å²) < 4.78 is 0. The Hall–Kier alpha value is -0.0800. The Bertz CT molecular complexity index is 261. The Balaban J connectivity index is 1.82. The molecule has 2 aliphatic rings. The predicted octanol–water partition coefficient (Wildman–Crippen LogP) is 3.42. The van der Waals surface area contributed by atoms with E-state index in [0.29, 0.717) is 5.54 Å². The maximum Gasteiger partial charge on any atom is 0.0212 e. The second kappa shape index (κ2) is 5.50. The van der Waals surface area contributed by atoms with E-state index >= 15 is 0 Å². The van der Waals surface area contributed by atoms with Crippen molar-refractivity contribution in [1.82, 2.24) is 10.2 Å². The van der Waals surface area contributed by atoms with Crippen LogP contribution in [0, 0.1) is 5.92 Å². The SMILES string of the molecule is CC1CCC(N[C@H]2C[C@H](C)N(C(C)(C)C)C2)CC1. The molecule has 2 heteroatoms. The van der Waals surface area contributed by atoms with Crippen LogP contribution in [0.1, 0.15) is 66.7 Å². The minimum atomic E-state index is 0.316. The van der Waals surface area contributed by atoms with E-state index < -0.39 is 0 Å². The Kier molecular flexibility index (Phi) is 4.38. The van der Waals surface area contributed by atoms with Gasteiger partial charge in [-0.05, 0) is 65.7 Å². The smallest absolute Gasteiger partial charge is 0.0212 e. The maximum absolute atomic E-state index is 3.93. The van der Waals surface area contributed by atoms with E-state index in [-0.39, 0.29) is 0 Å². The molecule has 2 nitrogen and oxygen atoms in total. The van der Waals surface area contributed by atoms with Gasteiger partial charge in [-0.1, -0.05) is 6.92 Å². The zero-order valence-electron chi connectivity index (χ0n) is 13.0. The summed E-state index contributed by atoms with van der Waals surface area (Å²) in [5, 5.41) is 3.93. The van der Waals surface area contributed by atoms with Crippen LogP contribution in [-0.2, 0) is 0 Å². The van der Waals surface area contributed by atoms with E-state index in [4.69, 9.17) is 0 Å². The largest absolute Gasteiger partial charge is 0.310 e. The molecule has 1 aliphatic heterocycles. The average Bonchev–Trinajstić information content (AvgIpc) is 2.63. The fourth-order valence-electron chi connectivity index (χ4n) is 3.85. The van der Waals surface area contributed by atoms with Crippen LogP contribution < -0.4 is 5.32 Å². The van der Waals surface area contributed by atoms with E-state index in [1.165, 1.54) is 38.6 Å². The van der Waals surface area contributed by atoms with Gasteiger partial charge in [0.25, 0.3) is 0 Å². The summed E-state index contributed by atoms with van der Waals surface area (Å²) in [4.78, 5) is 2.66. The summed E-state index contributed by atoms with van der Waals surface area (Å²) in [6.07, 6.45) is 6.94. The molecule has 1 heterocycles. The van der Waals surface area contributed by atoms with Gasteiger partial charge in [-0.25, -0.2) is 0 Å². The summed E-state index contributed by atoms with van der Waals surface area (Å²) in [5.41, 5.74) is 0.316. The zero-order valence-corrected chi connectivity index (χ0v) is 13.0. The van der Waals surface area contributed by atoms with E-state index in [2.05, 4.69) is 44.8 Å². The van der Waals surface area contributed by atoms with Crippen LogP contribution in [-0.4, -0.2) is 35.1 Å². The molecule has 2 fully saturated rings. The van der Waals surface area contributed by atoms with Gasteiger partial charge in [-0.15, -0.1) is 0 Å². The van der Waals surface area contributed by atoms with Crippen LogP contribution in [0.5, 0.6) is 0 Å². The molecule has 106 valence electrons. The fourth-order valence-corrected chi connectivity index (χ4v) is 3.85. The molecule has 0 radical (unpaired) electrons. The first kappa shape index (κ1) is 14.3. The van der Waals surface area contributed by atoms with Gasteiger partial charge in [0.1, 0.15) is 0 Å². The molecule has 2 atom stereocenters. The van der Waals surface area contributed by atoms with Crippen LogP contribution in [0.4, 0.5) is 0 Å². The highest BCUT2D eigenvalue weighted by Gasteiger charge is 2.36. The molecule has 2 rings (SSSR count). The summed E-state index contributed by atoms with van der Waals surface area (Å²) in [5.74, 6) is 0.955. The molecule has 1 saturated carbocycles. The van der Waals surface area contributed by atoms with Crippen molar-refractivity contribution in [1.29, 1.82) is 0 Å². The van der Waals surface area contributed by atoms with Crippen molar-refractivity contribution < 1.29 is 0 Å². The number of nitrogens with zero attached hydrogens (tertiary/aromatic N) is 1. The van der Waals surface area contributed by atoms with Crippen molar-refractivity contribution >= 4 is 0 Å². The predicted molar refractivity (Wildman–Crippen MR) is 78.9 cm³/mol. The van der Waals surface area contributed by atoms with Crippen molar-refractivity contribution in [3.8, 4) is 0 Å². The molecule has 0 amide bonds. The number of rotatable bonds is 2. The highest BCUT2D eigenvalue weighted by molar-refractivity contribution is 4.94. The van der Waals surface area contributed by atoms with E-state index in [1.54, 1.807) is 0 Å². The van der Waals surface area contributed by atoms with E-state index in [1.807, 2.05) is 0 Å². The Morgan fingerprint density at radius 1 is 0.944 bits per heavy atom. The molecule has 18 heavy (non-hydrogen) atoms. The lowest BCUT2D eigenvalue weighted by molar-refractivity contribution is 0.127. The molecule has 0 unspecified atom stereocenters. The molecule has 1 saturated heterocycles. The molecule has 0 aromatic rings. The lowest BCUT2D eigenvalue weighted by Gasteiger charge is -2.35.